The third-order valence-electron chi connectivity index (χ3n) is 2.93. The molecule has 19 heavy (non-hydrogen) atoms. The summed E-state index contributed by atoms with van der Waals surface area (Å²) in [5.41, 5.74) is 2.03. The Balaban J connectivity index is 2.15. The van der Waals surface area contributed by atoms with Crippen LogP contribution in [0.15, 0.2) is 24.3 Å². The van der Waals surface area contributed by atoms with Crippen molar-refractivity contribution in [3.8, 4) is 12.3 Å². The monoisotopic (exact) mass is 255 g/mol. The van der Waals surface area contributed by atoms with Crippen molar-refractivity contribution >= 4 is 16.9 Å². The number of hydrogen-bond acceptors (Lipinski definition) is 2. The molecule has 0 aliphatic carbocycles. The first-order valence-electron chi connectivity index (χ1n) is 6.34. The molecule has 0 atom stereocenters. The molecule has 0 unspecified atom stereocenters. The number of rotatable bonds is 5. The molecule has 98 valence electrons. The first-order chi connectivity index (χ1) is 9.22. The fraction of sp³-hybridized carbons (Fsp3) is 0.333. The Morgan fingerprint density at radius 1 is 1.47 bits per heavy atom. The van der Waals surface area contributed by atoms with E-state index in [1.54, 1.807) is 0 Å². The summed E-state index contributed by atoms with van der Waals surface area (Å²) in [6.07, 6.45) is 7.08. The summed E-state index contributed by atoms with van der Waals surface area (Å²) in [6, 6.07) is 7.96. The molecule has 1 N–H and O–H groups in total. The molecule has 4 nitrogen and oxygen atoms in total. The van der Waals surface area contributed by atoms with E-state index in [2.05, 4.69) is 20.8 Å². The molecule has 0 aliphatic heterocycles. The number of benzene rings is 1. The highest BCUT2D eigenvalue weighted by atomic mass is 16.1. The molecule has 0 radical (unpaired) electrons. The minimum atomic E-state index is -0.00266. The topological polar surface area (TPSA) is 46.9 Å². The summed E-state index contributed by atoms with van der Waals surface area (Å²) in [5.74, 6) is 3.64. The van der Waals surface area contributed by atoms with Gasteiger partial charge in [0.25, 0.3) is 0 Å². The van der Waals surface area contributed by atoms with Crippen molar-refractivity contribution in [1.82, 2.24) is 14.9 Å². The van der Waals surface area contributed by atoms with E-state index in [1.807, 2.05) is 24.3 Å². The molecule has 0 spiro atoms. The maximum atomic E-state index is 10.8. The highest BCUT2D eigenvalue weighted by Crippen LogP contribution is 2.16. The number of aromatic nitrogens is 2. The molecular weight excluding hydrogens is 238 g/mol. The van der Waals surface area contributed by atoms with Crippen molar-refractivity contribution in [2.24, 2.45) is 0 Å². The van der Waals surface area contributed by atoms with Crippen molar-refractivity contribution in [3.05, 3.63) is 30.1 Å². The number of nitrogens with zero attached hydrogens (tertiary/aromatic N) is 2. The number of hydrogen-bond donors (Lipinski definition) is 1. The SMILES string of the molecule is C#CCn1c(CCCNC(C)=O)nc2ccccc21. The minimum absolute atomic E-state index is 0.00266. The van der Waals surface area contributed by atoms with Gasteiger partial charge < -0.3 is 9.88 Å². The van der Waals surface area contributed by atoms with Crippen LogP contribution in [-0.2, 0) is 17.8 Å². The molecule has 1 amide bonds. The van der Waals surface area contributed by atoms with Gasteiger partial charge in [0.05, 0.1) is 17.6 Å². The quantitative estimate of drug-likeness (QED) is 0.653. The second kappa shape index (κ2) is 6.05. The number of imidazole rings is 1. The lowest BCUT2D eigenvalue weighted by Crippen LogP contribution is -2.21. The highest BCUT2D eigenvalue weighted by molar-refractivity contribution is 5.76. The van der Waals surface area contributed by atoms with Gasteiger partial charge in [0.15, 0.2) is 0 Å². The Kier molecular flexibility index (Phi) is 4.19. The molecule has 2 rings (SSSR count). The zero-order chi connectivity index (χ0) is 13.7. The second-order valence-corrected chi connectivity index (χ2v) is 4.39. The van der Waals surface area contributed by atoms with Crippen molar-refractivity contribution in [2.75, 3.05) is 6.54 Å². The predicted molar refractivity (Wildman–Crippen MR) is 75.6 cm³/mol. The van der Waals surface area contributed by atoms with E-state index in [0.29, 0.717) is 13.1 Å². The van der Waals surface area contributed by atoms with Crippen LogP contribution in [0.25, 0.3) is 11.0 Å². The zero-order valence-electron chi connectivity index (χ0n) is 11.0. The summed E-state index contributed by atoms with van der Waals surface area (Å²) in [6.45, 7) is 2.71. The number of nitrogens with one attached hydrogen (secondary N) is 1. The summed E-state index contributed by atoms with van der Waals surface area (Å²) in [7, 11) is 0. The van der Waals surface area contributed by atoms with Gasteiger partial charge in [-0.05, 0) is 18.6 Å². The second-order valence-electron chi connectivity index (χ2n) is 4.39. The Labute approximate surface area is 112 Å². The van der Waals surface area contributed by atoms with E-state index in [1.165, 1.54) is 6.92 Å². The molecule has 0 bridgehead atoms. The van der Waals surface area contributed by atoms with Gasteiger partial charge in [-0.2, -0.15) is 0 Å². The largest absolute Gasteiger partial charge is 0.356 e. The van der Waals surface area contributed by atoms with Crippen molar-refractivity contribution in [3.63, 3.8) is 0 Å². The van der Waals surface area contributed by atoms with Crippen LogP contribution in [0.2, 0.25) is 0 Å². The average molecular weight is 255 g/mol. The van der Waals surface area contributed by atoms with Crippen LogP contribution in [-0.4, -0.2) is 22.0 Å². The van der Waals surface area contributed by atoms with E-state index in [0.717, 1.165) is 29.7 Å². The first kappa shape index (κ1) is 13.2. The summed E-state index contributed by atoms with van der Waals surface area (Å²) >= 11 is 0. The fourth-order valence-electron chi connectivity index (χ4n) is 2.09. The first-order valence-corrected chi connectivity index (χ1v) is 6.34. The maximum absolute atomic E-state index is 10.8. The molecule has 4 heteroatoms. The van der Waals surface area contributed by atoms with Crippen molar-refractivity contribution in [1.29, 1.82) is 0 Å². The Morgan fingerprint density at radius 3 is 3.00 bits per heavy atom. The molecule has 0 fully saturated rings. The van der Waals surface area contributed by atoms with Gasteiger partial charge in [-0.15, -0.1) is 6.42 Å². The number of amides is 1. The number of aryl methyl sites for hydroxylation is 1. The van der Waals surface area contributed by atoms with Gasteiger partial charge in [0.1, 0.15) is 5.82 Å². The molecule has 0 saturated carbocycles. The summed E-state index contributed by atoms with van der Waals surface area (Å²) < 4.78 is 2.06. The molecule has 2 aromatic rings. The number of fused-ring (bicyclic) bond motifs is 1. The van der Waals surface area contributed by atoms with Gasteiger partial charge >= 0.3 is 0 Å². The van der Waals surface area contributed by atoms with E-state index in [-0.39, 0.29) is 5.91 Å². The molecule has 1 heterocycles. The zero-order valence-corrected chi connectivity index (χ0v) is 11.0. The van der Waals surface area contributed by atoms with E-state index in [9.17, 15) is 4.79 Å². The van der Waals surface area contributed by atoms with Gasteiger partial charge in [0, 0.05) is 19.9 Å². The van der Waals surface area contributed by atoms with Crippen LogP contribution in [0, 0.1) is 12.3 Å². The molecular formula is C15H17N3O. The minimum Gasteiger partial charge on any atom is -0.356 e. The van der Waals surface area contributed by atoms with Crippen LogP contribution < -0.4 is 5.32 Å². The van der Waals surface area contributed by atoms with Crippen LogP contribution in [0.5, 0.6) is 0 Å². The Morgan fingerprint density at radius 2 is 2.26 bits per heavy atom. The van der Waals surface area contributed by atoms with Crippen LogP contribution in [0.4, 0.5) is 0 Å². The van der Waals surface area contributed by atoms with E-state index < -0.39 is 0 Å². The number of carbonyl (C=O) groups is 1. The lowest BCUT2D eigenvalue weighted by molar-refractivity contribution is -0.118. The lowest BCUT2D eigenvalue weighted by atomic mass is 10.3. The van der Waals surface area contributed by atoms with Gasteiger partial charge in [0.2, 0.25) is 5.91 Å². The van der Waals surface area contributed by atoms with Crippen LogP contribution in [0.1, 0.15) is 19.2 Å². The normalized spacial score (nSPS) is 10.3. The van der Waals surface area contributed by atoms with Crippen LogP contribution in [0.3, 0.4) is 0 Å². The number of terminal acetylenes is 1. The third kappa shape index (κ3) is 3.14. The molecule has 0 aliphatic rings. The third-order valence-corrected chi connectivity index (χ3v) is 2.93. The van der Waals surface area contributed by atoms with Gasteiger partial charge in [-0.1, -0.05) is 18.1 Å². The fourth-order valence-corrected chi connectivity index (χ4v) is 2.09. The average Bonchev–Trinajstić information content (AvgIpc) is 2.74. The van der Waals surface area contributed by atoms with E-state index >= 15 is 0 Å². The predicted octanol–water partition coefficient (Wildman–Crippen LogP) is 1.74. The highest BCUT2D eigenvalue weighted by Gasteiger charge is 2.08. The smallest absolute Gasteiger partial charge is 0.216 e. The van der Waals surface area contributed by atoms with Gasteiger partial charge in [-0.3, -0.25) is 4.79 Å². The van der Waals surface area contributed by atoms with Gasteiger partial charge in [-0.25, -0.2) is 4.98 Å². The Bertz CT molecular complexity index is 622. The molecule has 1 aromatic heterocycles. The Hall–Kier alpha value is -2.28. The number of para-hydroxylation sites is 2. The standard InChI is InChI=1S/C15H17N3O/c1-3-11-18-14-8-5-4-7-13(14)17-15(18)9-6-10-16-12(2)19/h1,4-5,7-8H,6,9-11H2,2H3,(H,16,19). The van der Waals surface area contributed by atoms with E-state index in [4.69, 9.17) is 6.42 Å². The van der Waals surface area contributed by atoms with Crippen molar-refractivity contribution in [2.45, 2.75) is 26.3 Å². The lowest BCUT2D eigenvalue weighted by Gasteiger charge is -2.05. The van der Waals surface area contributed by atoms with Crippen molar-refractivity contribution < 1.29 is 4.79 Å². The molecule has 1 aromatic carbocycles. The summed E-state index contributed by atoms with van der Waals surface area (Å²) in [5, 5.41) is 2.78. The number of carbonyl (C=O) groups excluding carboxylic acids is 1. The summed E-state index contributed by atoms with van der Waals surface area (Å²) in [4.78, 5) is 15.4. The van der Waals surface area contributed by atoms with Crippen LogP contribution >= 0.6 is 0 Å². The maximum Gasteiger partial charge on any atom is 0.216 e. The molecule has 0 saturated heterocycles.